The van der Waals surface area contributed by atoms with E-state index in [0.29, 0.717) is 5.82 Å². The molecule has 0 unspecified atom stereocenters. The van der Waals surface area contributed by atoms with Crippen LogP contribution in [0.5, 0.6) is 0 Å². The number of H-pyrrole nitrogens is 1. The lowest BCUT2D eigenvalue weighted by Crippen LogP contribution is -2.35. The highest BCUT2D eigenvalue weighted by Gasteiger charge is 2.28. The topological polar surface area (TPSA) is 53.9 Å². The maximum absolute atomic E-state index is 12.0. The summed E-state index contributed by atoms with van der Waals surface area (Å²) in [5, 5.41) is 0. The predicted molar refractivity (Wildman–Crippen MR) is 89.6 cm³/mol. The van der Waals surface area contributed by atoms with Crippen LogP contribution in [-0.2, 0) is 19.5 Å². The fraction of sp³-hybridized carbons (Fsp3) is 0.556. The highest BCUT2D eigenvalue weighted by atomic mass is 16.1. The molecular weight excluding hydrogens is 288 g/mol. The normalized spacial score (nSPS) is 18.2. The molecule has 1 aliphatic heterocycles. The van der Waals surface area contributed by atoms with Crippen LogP contribution in [0.1, 0.15) is 52.9 Å². The summed E-state index contributed by atoms with van der Waals surface area (Å²) >= 11 is 0. The van der Waals surface area contributed by atoms with Crippen LogP contribution >= 0.6 is 0 Å². The largest absolute Gasteiger partial charge is 0.346 e. The Balaban J connectivity index is 1.57. The Labute approximate surface area is 136 Å². The number of nitrogens with zero attached hydrogens (tertiary/aromatic N) is 3. The second-order valence-electron chi connectivity index (χ2n) is 7.03. The van der Waals surface area contributed by atoms with E-state index in [2.05, 4.69) is 39.3 Å². The monoisotopic (exact) mass is 312 g/mol. The molecule has 5 heteroatoms. The second-order valence-corrected chi connectivity index (χ2v) is 7.03. The van der Waals surface area contributed by atoms with Crippen LogP contribution in [0.25, 0.3) is 0 Å². The Morgan fingerprint density at radius 2 is 2.09 bits per heavy atom. The average molecular weight is 312 g/mol. The third kappa shape index (κ3) is 2.63. The van der Waals surface area contributed by atoms with E-state index in [1.807, 2.05) is 6.92 Å². The van der Waals surface area contributed by atoms with Crippen LogP contribution in [0.15, 0.2) is 10.9 Å². The molecule has 1 fully saturated rings. The molecule has 1 aliphatic carbocycles. The van der Waals surface area contributed by atoms with Crippen molar-refractivity contribution < 1.29 is 0 Å². The molecule has 1 N–H and O–H groups in total. The standard InChI is InChI=1S/C18H24N4O/c1-11-8-14(12(2)22(11)15-4-5-15)9-21-7-6-16-17(10-21)19-13(3)20-18(16)23/h8,15H,4-7,9-10H2,1-3H3,(H,19,20,23). The molecule has 0 radical (unpaired) electrons. The first-order chi connectivity index (χ1) is 11.0. The Morgan fingerprint density at radius 3 is 2.83 bits per heavy atom. The number of hydrogen-bond acceptors (Lipinski definition) is 3. The van der Waals surface area contributed by atoms with Gasteiger partial charge in [-0.3, -0.25) is 9.69 Å². The summed E-state index contributed by atoms with van der Waals surface area (Å²) in [5.41, 5.74) is 6.07. The van der Waals surface area contributed by atoms with Crippen molar-refractivity contribution >= 4 is 0 Å². The van der Waals surface area contributed by atoms with Gasteiger partial charge >= 0.3 is 0 Å². The molecule has 1 saturated carbocycles. The summed E-state index contributed by atoms with van der Waals surface area (Å²) in [5.74, 6) is 0.711. The van der Waals surface area contributed by atoms with Gasteiger partial charge in [0.25, 0.3) is 5.56 Å². The van der Waals surface area contributed by atoms with Gasteiger partial charge in [-0.2, -0.15) is 0 Å². The van der Waals surface area contributed by atoms with E-state index in [0.717, 1.165) is 43.4 Å². The van der Waals surface area contributed by atoms with Gasteiger partial charge in [-0.25, -0.2) is 4.98 Å². The zero-order valence-electron chi connectivity index (χ0n) is 14.1. The van der Waals surface area contributed by atoms with Crippen LogP contribution in [0.2, 0.25) is 0 Å². The molecule has 0 aromatic carbocycles. The van der Waals surface area contributed by atoms with Crippen molar-refractivity contribution in [3.05, 3.63) is 50.5 Å². The average Bonchev–Trinajstić information content (AvgIpc) is 3.26. The molecule has 4 rings (SSSR count). The summed E-state index contributed by atoms with van der Waals surface area (Å²) in [6, 6.07) is 3.06. The SMILES string of the molecule is Cc1nc2c(c(=O)[nH]1)CCN(Cc1cc(C)n(C3CC3)c1C)C2. The summed E-state index contributed by atoms with van der Waals surface area (Å²) in [4.78, 5) is 21.8. The molecule has 2 aromatic heterocycles. The third-order valence-electron chi connectivity index (χ3n) is 5.17. The Bertz CT molecular complexity index is 813. The maximum atomic E-state index is 12.0. The van der Waals surface area contributed by atoms with Crippen molar-refractivity contribution in [3.8, 4) is 0 Å². The van der Waals surface area contributed by atoms with Crippen molar-refractivity contribution in [1.29, 1.82) is 0 Å². The number of fused-ring (bicyclic) bond motifs is 1. The molecule has 2 aliphatic rings. The van der Waals surface area contributed by atoms with Crippen LogP contribution in [0, 0.1) is 20.8 Å². The van der Waals surface area contributed by atoms with E-state index in [9.17, 15) is 4.79 Å². The van der Waals surface area contributed by atoms with E-state index in [1.54, 1.807) is 0 Å². The lowest BCUT2D eigenvalue weighted by Gasteiger charge is -2.27. The molecular formula is C18H24N4O. The van der Waals surface area contributed by atoms with Gasteiger partial charge in [0.2, 0.25) is 0 Å². The first-order valence-electron chi connectivity index (χ1n) is 8.51. The quantitative estimate of drug-likeness (QED) is 0.947. The molecule has 122 valence electrons. The number of rotatable bonds is 3. The molecule has 3 heterocycles. The van der Waals surface area contributed by atoms with Gasteiger partial charge in [-0.15, -0.1) is 0 Å². The number of aryl methyl sites for hydroxylation is 2. The molecule has 2 aromatic rings. The molecule has 0 atom stereocenters. The van der Waals surface area contributed by atoms with Gasteiger partial charge in [0.1, 0.15) is 5.82 Å². The van der Waals surface area contributed by atoms with Crippen molar-refractivity contribution in [2.45, 2.75) is 59.2 Å². The minimum Gasteiger partial charge on any atom is -0.346 e. The minimum atomic E-state index is 0.0408. The third-order valence-corrected chi connectivity index (χ3v) is 5.17. The zero-order valence-corrected chi connectivity index (χ0v) is 14.1. The van der Waals surface area contributed by atoms with Crippen molar-refractivity contribution in [2.24, 2.45) is 0 Å². The Hall–Kier alpha value is -1.88. The summed E-state index contributed by atoms with van der Waals surface area (Å²) in [6.45, 7) is 8.95. The number of hydrogen-bond donors (Lipinski definition) is 1. The Kier molecular flexibility index (Phi) is 3.41. The van der Waals surface area contributed by atoms with E-state index in [-0.39, 0.29) is 5.56 Å². The minimum absolute atomic E-state index is 0.0408. The molecule has 23 heavy (non-hydrogen) atoms. The molecule has 0 amide bonds. The molecule has 0 saturated heterocycles. The van der Waals surface area contributed by atoms with Gasteiger partial charge < -0.3 is 9.55 Å². The van der Waals surface area contributed by atoms with Crippen molar-refractivity contribution in [1.82, 2.24) is 19.4 Å². The summed E-state index contributed by atoms with van der Waals surface area (Å²) in [6.07, 6.45) is 3.43. The van der Waals surface area contributed by atoms with Gasteiger partial charge in [0, 0.05) is 42.6 Å². The molecule has 5 nitrogen and oxygen atoms in total. The summed E-state index contributed by atoms with van der Waals surface area (Å²) < 4.78 is 2.50. The smallest absolute Gasteiger partial charge is 0.254 e. The van der Waals surface area contributed by atoms with E-state index < -0.39 is 0 Å². The zero-order chi connectivity index (χ0) is 16.1. The van der Waals surface area contributed by atoms with Gasteiger partial charge in [0.05, 0.1) is 5.69 Å². The van der Waals surface area contributed by atoms with Gasteiger partial charge in [-0.1, -0.05) is 0 Å². The highest BCUT2D eigenvalue weighted by molar-refractivity contribution is 5.29. The van der Waals surface area contributed by atoms with Crippen LogP contribution in [0.3, 0.4) is 0 Å². The number of aromatic nitrogens is 3. The predicted octanol–water partition coefficient (Wildman–Crippen LogP) is 2.39. The lowest BCUT2D eigenvalue weighted by molar-refractivity contribution is 0.239. The van der Waals surface area contributed by atoms with E-state index in [1.165, 1.54) is 29.8 Å². The molecule has 0 bridgehead atoms. The summed E-state index contributed by atoms with van der Waals surface area (Å²) in [7, 11) is 0. The van der Waals surface area contributed by atoms with E-state index >= 15 is 0 Å². The second kappa shape index (κ2) is 5.34. The van der Waals surface area contributed by atoms with Crippen molar-refractivity contribution in [2.75, 3.05) is 6.54 Å². The first-order valence-corrected chi connectivity index (χ1v) is 8.51. The van der Waals surface area contributed by atoms with Gasteiger partial charge in [0.15, 0.2) is 0 Å². The number of aromatic amines is 1. The van der Waals surface area contributed by atoms with Crippen LogP contribution in [-0.4, -0.2) is 26.0 Å². The lowest BCUT2D eigenvalue weighted by atomic mass is 10.1. The van der Waals surface area contributed by atoms with Crippen LogP contribution in [0.4, 0.5) is 0 Å². The fourth-order valence-corrected chi connectivity index (χ4v) is 3.89. The van der Waals surface area contributed by atoms with Crippen LogP contribution < -0.4 is 5.56 Å². The highest BCUT2D eigenvalue weighted by Crippen LogP contribution is 2.38. The fourth-order valence-electron chi connectivity index (χ4n) is 3.89. The number of nitrogens with one attached hydrogen (secondary N) is 1. The Morgan fingerprint density at radius 1 is 1.30 bits per heavy atom. The van der Waals surface area contributed by atoms with Gasteiger partial charge in [-0.05, 0) is 51.7 Å². The maximum Gasteiger partial charge on any atom is 0.254 e. The first kappa shape index (κ1) is 14.7. The van der Waals surface area contributed by atoms with E-state index in [4.69, 9.17) is 0 Å². The van der Waals surface area contributed by atoms with Crippen molar-refractivity contribution in [3.63, 3.8) is 0 Å². The molecule has 0 spiro atoms.